The van der Waals surface area contributed by atoms with Crippen LogP contribution in [0.4, 0.5) is 0 Å². The van der Waals surface area contributed by atoms with Gasteiger partial charge in [0.05, 0.1) is 12.6 Å². The second-order valence-corrected chi connectivity index (χ2v) is 8.88. The molecule has 0 radical (unpaired) electrons. The molecule has 7 N–H and O–H groups in total. The molecule has 30 heavy (non-hydrogen) atoms. The normalized spacial score (nSPS) is 15.2. The Labute approximate surface area is 182 Å². The Balaban J connectivity index is 5.28. The van der Waals surface area contributed by atoms with Crippen LogP contribution >= 0.6 is 11.8 Å². The summed E-state index contributed by atoms with van der Waals surface area (Å²) in [7, 11) is 0. The minimum atomic E-state index is -1.48. The molecule has 0 aliphatic heterocycles. The van der Waals surface area contributed by atoms with E-state index in [1.807, 2.05) is 20.1 Å². The molecule has 0 aromatic carbocycles. The molecule has 0 heterocycles. The quantitative estimate of drug-likeness (QED) is 0.202. The minimum Gasteiger partial charge on any atom is -0.480 e. The summed E-state index contributed by atoms with van der Waals surface area (Å²) in [6.07, 6.45) is 2.68. The van der Waals surface area contributed by atoms with E-state index in [4.69, 9.17) is 15.9 Å². The predicted molar refractivity (Wildman–Crippen MR) is 116 cm³/mol. The SMILES string of the molecule is CSCCC(NC(=O)C(N)CC(C)C)C(=O)NC(C(=O)NC(CO)C(=O)O)C(C)C. The number of thioether (sulfide) groups is 1. The van der Waals surface area contributed by atoms with Crippen molar-refractivity contribution in [3.8, 4) is 0 Å². The zero-order valence-electron chi connectivity index (χ0n) is 18.3. The Kier molecular flexibility index (Phi) is 13.3. The van der Waals surface area contributed by atoms with E-state index in [1.165, 1.54) is 11.8 Å². The van der Waals surface area contributed by atoms with Crippen molar-refractivity contribution in [2.24, 2.45) is 17.6 Å². The highest BCUT2D eigenvalue weighted by Crippen LogP contribution is 2.08. The van der Waals surface area contributed by atoms with Crippen molar-refractivity contribution in [2.75, 3.05) is 18.6 Å². The van der Waals surface area contributed by atoms with E-state index < -0.39 is 54.5 Å². The first-order valence-corrected chi connectivity index (χ1v) is 11.3. The third kappa shape index (κ3) is 10.3. The van der Waals surface area contributed by atoms with E-state index >= 15 is 0 Å². The van der Waals surface area contributed by atoms with Crippen LogP contribution < -0.4 is 21.7 Å². The molecule has 11 heteroatoms. The Hall–Kier alpha value is -1.85. The van der Waals surface area contributed by atoms with E-state index in [0.717, 1.165) is 0 Å². The molecular weight excluding hydrogens is 412 g/mol. The van der Waals surface area contributed by atoms with Gasteiger partial charge in [0, 0.05) is 0 Å². The van der Waals surface area contributed by atoms with Gasteiger partial charge in [0.1, 0.15) is 18.1 Å². The molecule has 0 bridgehead atoms. The topological polar surface area (TPSA) is 171 Å². The van der Waals surface area contributed by atoms with Crippen molar-refractivity contribution in [3.63, 3.8) is 0 Å². The highest BCUT2D eigenvalue weighted by Gasteiger charge is 2.31. The molecule has 0 aromatic rings. The van der Waals surface area contributed by atoms with Gasteiger partial charge in [0.15, 0.2) is 0 Å². The average Bonchev–Trinajstić information content (AvgIpc) is 2.65. The maximum absolute atomic E-state index is 12.8. The summed E-state index contributed by atoms with van der Waals surface area (Å²) in [4.78, 5) is 48.7. The minimum absolute atomic E-state index is 0.215. The number of aliphatic carboxylic acids is 1. The highest BCUT2D eigenvalue weighted by atomic mass is 32.2. The number of carboxylic acids is 1. The van der Waals surface area contributed by atoms with Gasteiger partial charge in [-0.25, -0.2) is 4.79 Å². The standard InChI is InChI=1S/C19H36N4O6S/c1-10(2)8-12(20)16(25)21-13(6-7-30-5)17(26)23-15(11(3)4)18(27)22-14(9-24)19(28)29/h10-15,24H,6-9,20H2,1-5H3,(H,21,25)(H,22,27)(H,23,26)(H,28,29). The summed E-state index contributed by atoms with van der Waals surface area (Å²) < 4.78 is 0. The van der Waals surface area contributed by atoms with Gasteiger partial charge in [-0.1, -0.05) is 27.7 Å². The molecule has 0 rings (SSSR count). The van der Waals surface area contributed by atoms with Crippen molar-refractivity contribution in [1.29, 1.82) is 0 Å². The Morgan fingerprint density at radius 3 is 1.93 bits per heavy atom. The summed E-state index contributed by atoms with van der Waals surface area (Å²) >= 11 is 1.50. The van der Waals surface area contributed by atoms with Gasteiger partial charge >= 0.3 is 5.97 Å². The lowest BCUT2D eigenvalue weighted by atomic mass is 10.0. The van der Waals surface area contributed by atoms with Gasteiger partial charge in [0.2, 0.25) is 17.7 Å². The van der Waals surface area contributed by atoms with Crippen LogP contribution in [0.25, 0.3) is 0 Å². The number of nitrogens with one attached hydrogen (secondary N) is 3. The smallest absolute Gasteiger partial charge is 0.328 e. The lowest BCUT2D eigenvalue weighted by molar-refractivity contribution is -0.143. The first kappa shape index (κ1) is 28.1. The van der Waals surface area contributed by atoms with Crippen LogP contribution in [0.2, 0.25) is 0 Å². The Morgan fingerprint density at radius 2 is 1.50 bits per heavy atom. The molecule has 0 aliphatic carbocycles. The molecule has 0 saturated carbocycles. The van der Waals surface area contributed by atoms with E-state index in [0.29, 0.717) is 18.6 Å². The number of nitrogens with two attached hydrogens (primary N) is 1. The second kappa shape index (κ2) is 14.2. The molecule has 3 amide bonds. The Morgan fingerprint density at radius 1 is 0.933 bits per heavy atom. The fraction of sp³-hybridized carbons (Fsp3) is 0.789. The monoisotopic (exact) mass is 448 g/mol. The molecule has 0 fully saturated rings. The highest BCUT2D eigenvalue weighted by molar-refractivity contribution is 7.98. The lowest BCUT2D eigenvalue weighted by Crippen LogP contribution is -2.59. The molecule has 10 nitrogen and oxygen atoms in total. The number of hydrogen-bond acceptors (Lipinski definition) is 7. The van der Waals surface area contributed by atoms with Gasteiger partial charge in [-0.05, 0) is 36.7 Å². The first-order chi connectivity index (χ1) is 13.9. The van der Waals surface area contributed by atoms with Crippen LogP contribution in [0.5, 0.6) is 0 Å². The fourth-order valence-electron chi connectivity index (χ4n) is 2.63. The number of aliphatic hydroxyl groups is 1. The number of carbonyl (C=O) groups is 4. The van der Waals surface area contributed by atoms with E-state index in [9.17, 15) is 19.2 Å². The largest absolute Gasteiger partial charge is 0.480 e. The number of carboxylic acid groups (broad SMARTS) is 1. The second-order valence-electron chi connectivity index (χ2n) is 7.89. The number of hydrogen-bond donors (Lipinski definition) is 6. The third-order valence-electron chi connectivity index (χ3n) is 4.35. The van der Waals surface area contributed by atoms with Gasteiger partial charge in [-0.15, -0.1) is 0 Å². The number of rotatable bonds is 14. The number of amides is 3. The van der Waals surface area contributed by atoms with Crippen LogP contribution in [-0.2, 0) is 19.2 Å². The van der Waals surface area contributed by atoms with Gasteiger partial charge in [0.25, 0.3) is 0 Å². The molecule has 4 atom stereocenters. The molecule has 0 aromatic heterocycles. The van der Waals surface area contributed by atoms with Gasteiger partial charge in [-0.2, -0.15) is 11.8 Å². The maximum atomic E-state index is 12.8. The summed E-state index contributed by atoms with van der Waals surface area (Å²) in [5.74, 6) is -2.66. The van der Waals surface area contributed by atoms with Gasteiger partial charge < -0.3 is 31.9 Å². The predicted octanol–water partition coefficient (Wildman–Crippen LogP) is -0.700. The lowest BCUT2D eigenvalue weighted by Gasteiger charge is -2.27. The van der Waals surface area contributed by atoms with Crippen molar-refractivity contribution < 1.29 is 29.4 Å². The molecule has 0 saturated heterocycles. The van der Waals surface area contributed by atoms with Crippen molar-refractivity contribution in [1.82, 2.24) is 16.0 Å². The third-order valence-corrected chi connectivity index (χ3v) is 4.99. The zero-order valence-corrected chi connectivity index (χ0v) is 19.1. The number of carbonyl (C=O) groups excluding carboxylic acids is 3. The molecule has 0 aliphatic rings. The van der Waals surface area contributed by atoms with Crippen LogP contribution in [0, 0.1) is 11.8 Å². The Bertz CT molecular complexity index is 587. The summed E-state index contributed by atoms with van der Waals surface area (Å²) in [6, 6.07) is -4.15. The van der Waals surface area contributed by atoms with Gasteiger partial charge in [-0.3, -0.25) is 14.4 Å². The van der Waals surface area contributed by atoms with E-state index in [1.54, 1.807) is 13.8 Å². The van der Waals surface area contributed by atoms with Crippen molar-refractivity contribution >= 4 is 35.5 Å². The van der Waals surface area contributed by atoms with Crippen molar-refractivity contribution in [2.45, 2.75) is 64.7 Å². The zero-order chi connectivity index (χ0) is 23.4. The fourth-order valence-corrected chi connectivity index (χ4v) is 3.11. The van der Waals surface area contributed by atoms with Crippen LogP contribution in [0.3, 0.4) is 0 Å². The first-order valence-electron chi connectivity index (χ1n) is 9.93. The van der Waals surface area contributed by atoms with Crippen LogP contribution in [-0.4, -0.2) is 76.7 Å². The summed E-state index contributed by atoms with van der Waals surface area (Å²) in [6.45, 7) is 6.47. The van der Waals surface area contributed by atoms with Crippen molar-refractivity contribution in [3.05, 3.63) is 0 Å². The van der Waals surface area contributed by atoms with Crippen LogP contribution in [0.15, 0.2) is 0 Å². The average molecular weight is 449 g/mol. The molecular formula is C19H36N4O6S. The summed E-state index contributed by atoms with van der Waals surface area (Å²) in [5.41, 5.74) is 5.90. The summed E-state index contributed by atoms with van der Waals surface area (Å²) in [5, 5.41) is 25.5. The number of aliphatic hydroxyl groups excluding tert-OH is 1. The molecule has 0 spiro atoms. The van der Waals surface area contributed by atoms with Crippen LogP contribution in [0.1, 0.15) is 40.5 Å². The van der Waals surface area contributed by atoms with E-state index in [2.05, 4.69) is 16.0 Å². The molecule has 174 valence electrons. The van der Waals surface area contributed by atoms with E-state index in [-0.39, 0.29) is 11.8 Å². The molecule has 4 unspecified atom stereocenters. The maximum Gasteiger partial charge on any atom is 0.328 e.